The van der Waals surface area contributed by atoms with Crippen LogP contribution in [-0.2, 0) is 22.4 Å². The van der Waals surface area contributed by atoms with Crippen molar-refractivity contribution in [2.75, 3.05) is 20.3 Å². The van der Waals surface area contributed by atoms with Crippen LogP contribution in [0.1, 0.15) is 37.3 Å². The van der Waals surface area contributed by atoms with Crippen LogP contribution in [0.5, 0.6) is 0 Å². The Balaban J connectivity index is 1.84. The number of nitrogens with zero attached hydrogens (tertiary/aromatic N) is 1. The van der Waals surface area contributed by atoms with Crippen LogP contribution in [-0.4, -0.2) is 37.1 Å². The molecule has 3 nitrogen and oxygen atoms in total. The lowest BCUT2D eigenvalue weighted by Gasteiger charge is -2.32. The van der Waals surface area contributed by atoms with Gasteiger partial charge in [0.25, 0.3) is 0 Å². The molecule has 0 bridgehead atoms. The first-order valence-corrected chi connectivity index (χ1v) is 7.62. The van der Waals surface area contributed by atoms with E-state index in [2.05, 4.69) is 24.3 Å². The van der Waals surface area contributed by atoms with Gasteiger partial charge in [0.15, 0.2) is 0 Å². The summed E-state index contributed by atoms with van der Waals surface area (Å²) >= 11 is 0. The molecular weight excluding hydrogens is 250 g/mol. The molecule has 0 radical (unpaired) electrons. The number of hydrogen-bond donors (Lipinski definition) is 0. The summed E-state index contributed by atoms with van der Waals surface area (Å²) in [5.41, 5.74) is 2.85. The minimum Gasteiger partial charge on any atom is -0.382 e. The fraction of sp³-hybridized carbons (Fsp3) is 0.588. The number of hydrogen-bond acceptors (Lipinski definition) is 2. The summed E-state index contributed by atoms with van der Waals surface area (Å²) in [6.45, 7) is 3.39. The largest absolute Gasteiger partial charge is 0.382 e. The molecule has 2 rings (SSSR count). The second-order valence-electron chi connectivity index (χ2n) is 5.47. The fourth-order valence-electron chi connectivity index (χ4n) is 2.86. The molecule has 20 heavy (non-hydrogen) atoms. The zero-order valence-electron chi connectivity index (χ0n) is 12.6. The summed E-state index contributed by atoms with van der Waals surface area (Å²) in [6, 6.07) is 8.93. The number of carbonyl (C=O) groups is 1. The molecule has 1 aliphatic rings. The van der Waals surface area contributed by atoms with Crippen LogP contribution >= 0.6 is 0 Å². The topological polar surface area (TPSA) is 29.5 Å². The third-order valence-electron chi connectivity index (χ3n) is 4.15. The molecule has 3 heteroatoms. The molecule has 0 N–H and O–H groups in total. The molecule has 0 saturated carbocycles. The highest BCUT2D eigenvalue weighted by Gasteiger charge is 2.24. The van der Waals surface area contributed by atoms with E-state index in [4.69, 9.17) is 4.74 Å². The minimum atomic E-state index is 0.245. The molecule has 1 aromatic rings. The van der Waals surface area contributed by atoms with Crippen molar-refractivity contribution in [2.24, 2.45) is 0 Å². The van der Waals surface area contributed by atoms with E-state index >= 15 is 0 Å². The van der Waals surface area contributed by atoms with Crippen molar-refractivity contribution in [3.05, 3.63) is 35.4 Å². The number of rotatable bonds is 6. The molecule has 0 unspecified atom stereocenters. The smallest absolute Gasteiger partial charge is 0.222 e. The summed E-state index contributed by atoms with van der Waals surface area (Å²) in [7, 11) is 1.95. The fourth-order valence-corrected chi connectivity index (χ4v) is 2.86. The Morgan fingerprint density at radius 3 is 2.85 bits per heavy atom. The van der Waals surface area contributed by atoms with Gasteiger partial charge in [-0.2, -0.15) is 0 Å². The van der Waals surface area contributed by atoms with Gasteiger partial charge in [0.05, 0.1) is 0 Å². The average Bonchev–Trinajstić information content (AvgIpc) is 2.50. The van der Waals surface area contributed by atoms with Crippen LogP contribution in [0.25, 0.3) is 0 Å². The van der Waals surface area contributed by atoms with Crippen LogP contribution in [0.2, 0.25) is 0 Å². The van der Waals surface area contributed by atoms with E-state index in [0.717, 1.165) is 32.3 Å². The Morgan fingerprint density at radius 2 is 2.10 bits per heavy atom. The van der Waals surface area contributed by atoms with Crippen molar-refractivity contribution in [1.29, 1.82) is 0 Å². The zero-order valence-corrected chi connectivity index (χ0v) is 12.6. The van der Waals surface area contributed by atoms with E-state index in [1.165, 1.54) is 11.1 Å². The molecule has 0 aliphatic heterocycles. The first-order valence-electron chi connectivity index (χ1n) is 7.62. The predicted octanol–water partition coefficient (Wildman–Crippen LogP) is 2.82. The van der Waals surface area contributed by atoms with E-state index in [-0.39, 0.29) is 5.91 Å². The molecular formula is C17H25NO2. The minimum absolute atomic E-state index is 0.245. The zero-order chi connectivity index (χ0) is 14.4. The lowest BCUT2D eigenvalue weighted by atomic mass is 9.87. The maximum atomic E-state index is 12.2. The van der Waals surface area contributed by atoms with Gasteiger partial charge in [-0.05, 0) is 43.7 Å². The van der Waals surface area contributed by atoms with Gasteiger partial charge in [-0.15, -0.1) is 0 Å². The van der Waals surface area contributed by atoms with Gasteiger partial charge in [-0.25, -0.2) is 0 Å². The van der Waals surface area contributed by atoms with Crippen molar-refractivity contribution >= 4 is 5.91 Å². The number of amides is 1. The van der Waals surface area contributed by atoms with Crippen LogP contribution < -0.4 is 0 Å². The highest BCUT2D eigenvalue weighted by Crippen LogP contribution is 2.24. The van der Waals surface area contributed by atoms with Crippen LogP contribution in [0.15, 0.2) is 24.3 Å². The molecule has 1 amide bonds. The van der Waals surface area contributed by atoms with Crippen molar-refractivity contribution in [3.8, 4) is 0 Å². The van der Waals surface area contributed by atoms with Gasteiger partial charge in [0.1, 0.15) is 0 Å². The van der Waals surface area contributed by atoms with Crippen LogP contribution in [0, 0.1) is 0 Å². The lowest BCUT2D eigenvalue weighted by molar-refractivity contribution is -0.132. The van der Waals surface area contributed by atoms with Crippen molar-refractivity contribution < 1.29 is 9.53 Å². The van der Waals surface area contributed by atoms with Crippen LogP contribution in [0.3, 0.4) is 0 Å². The summed E-state index contributed by atoms with van der Waals surface area (Å²) < 4.78 is 5.28. The maximum Gasteiger partial charge on any atom is 0.222 e. The van der Waals surface area contributed by atoms with Crippen molar-refractivity contribution in [1.82, 2.24) is 4.90 Å². The number of benzene rings is 1. The monoisotopic (exact) mass is 275 g/mol. The highest BCUT2D eigenvalue weighted by molar-refractivity contribution is 5.76. The molecule has 0 heterocycles. The molecule has 0 aromatic heterocycles. The van der Waals surface area contributed by atoms with Gasteiger partial charge >= 0.3 is 0 Å². The Hall–Kier alpha value is -1.35. The summed E-state index contributed by atoms with van der Waals surface area (Å²) in [4.78, 5) is 14.1. The SMILES string of the molecule is CCOCCCC(=O)N(C)[C@H]1CCc2ccccc2C1. The molecule has 0 saturated heterocycles. The van der Waals surface area contributed by atoms with Crippen molar-refractivity contribution in [2.45, 2.75) is 45.1 Å². The molecule has 1 atom stereocenters. The number of fused-ring (bicyclic) bond motifs is 1. The Kier molecular flexibility index (Phi) is 5.60. The van der Waals surface area contributed by atoms with Gasteiger partial charge in [0.2, 0.25) is 5.91 Å². The molecule has 0 fully saturated rings. The second kappa shape index (κ2) is 7.44. The first kappa shape index (κ1) is 15.0. The third kappa shape index (κ3) is 3.83. The second-order valence-corrected chi connectivity index (χ2v) is 5.47. The molecule has 110 valence electrons. The number of carbonyl (C=O) groups excluding carboxylic acids is 1. The predicted molar refractivity (Wildman–Crippen MR) is 80.8 cm³/mol. The van der Waals surface area contributed by atoms with Gasteiger partial charge in [-0.3, -0.25) is 4.79 Å². The van der Waals surface area contributed by atoms with E-state index in [1.54, 1.807) is 0 Å². The Bertz CT molecular complexity index is 444. The van der Waals surface area contributed by atoms with Crippen LogP contribution in [0.4, 0.5) is 0 Å². The Labute approximate surface area is 121 Å². The van der Waals surface area contributed by atoms with E-state index in [0.29, 0.717) is 19.1 Å². The lowest BCUT2D eigenvalue weighted by Crippen LogP contribution is -2.40. The summed E-state index contributed by atoms with van der Waals surface area (Å²) in [5.74, 6) is 0.245. The third-order valence-corrected chi connectivity index (χ3v) is 4.15. The quantitative estimate of drug-likeness (QED) is 0.747. The summed E-state index contributed by atoms with van der Waals surface area (Å²) in [6.07, 6.45) is 4.56. The van der Waals surface area contributed by atoms with E-state index < -0.39 is 0 Å². The van der Waals surface area contributed by atoms with Gasteiger partial charge in [0, 0.05) is 32.7 Å². The molecule has 0 spiro atoms. The highest BCUT2D eigenvalue weighted by atomic mass is 16.5. The number of aryl methyl sites for hydroxylation is 1. The van der Waals surface area contributed by atoms with E-state index in [1.807, 2.05) is 18.9 Å². The maximum absolute atomic E-state index is 12.2. The normalized spacial score (nSPS) is 17.6. The number of ether oxygens (including phenoxy) is 1. The van der Waals surface area contributed by atoms with Gasteiger partial charge < -0.3 is 9.64 Å². The van der Waals surface area contributed by atoms with Crippen molar-refractivity contribution in [3.63, 3.8) is 0 Å². The summed E-state index contributed by atoms with van der Waals surface area (Å²) in [5, 5.41) is 0. The number of likely N-dealkylation sites (N-methyl/N-ethyl adjacent to an activating group) is 1. The Morgan fingerprint density at radius 1 is 1.35 bits per heavy atom. The first-order chi connectivity index (χ1) is 9.72. The van der Waals surface area contributed by atoms with Gasteiger partial charge in [-0.1, -0.05) is 24.3 Å². The standard InChI is InChI=1S/C17H25NO2/c1-3-20-12-6-9-17(19)18(2)16-11-10-14-7-4-5-8-15(14)13-16/h4-5,7-8,16H,3,6,9-13H2,1-2H3/t16-/m0/s1. The molecule has 1 aliphatic carbocycles. The molecule has 1 aromatic carbocycles. The van der Waals surface area contributed by atoms with E-state index in [9.17, 15) is 4.79 Å². The average molecular weight is 275 g/mol.